The van der Waals surface area contributed by atoms with Gasteiger partial charge in [-0.2, -0.15) is 12.8 Å². The van der Waals surface area contributed by atoms with Gasteiger partial charge in [-0.25, -0.2) is 4.79 Å². The Bertz CT molecular complexity index is 274. The normalized spacial score (nSPS) is 14.8. The number of aliphatic carboxylic acids is 1. The van der Waals surface area contributed by atoms with Crippen LogP contribution in [-0.2, 0) is 15.3 Å². The molecule has 5 nitrogen and oxygen atoms in total. The molecule has 0 bridgehead atoms. The molecule has 12 heavy (non-hydrogen) atoms. The third kappa shape index (κ3) is 3.47. The number of carbonyl (C=O) groups is 1. The van der Waals surface area contributed by atoms with Crippen LogP contribution in [0.2, 0.25) is 0 Å². The predicted molar refractivity (Wildman–Crippen MR) is 42.2 cm³/mol. The lowest BCUT2D eigenvalue weighted by molar-refractivity contribution is -0.139. The Balaban J connectivity index is 4.68. The van der Waals surface area contributed by atoms with Crippen LogP contribution in [0.15, 0.2) is 4.36 Å². The second-order valence-electron chi connectivity index (χ2n) is 2.49. The van der Waals surface area contributed by atoms with E-state index in [1.54, 1.807) is 13.8 Å². The van der Waals surface area contributed by atoms with Crippen LogP contribution in [0, 0.1) is 5.92 Å². The first-order valence-corrected chi connectivity index (χ1v) is 4.55. The zero-order chi connectivity index (χ0) is 9.72. The van der Waals surface area contributed by atoms with E-state index < -0.39 is 22.5 Å². The highest BCUT2D eigenvalue weighted by Crippen LogP contribution is 2.11. The monoisotopic (exact) mass is 193 g/mol. The van der Waals surface area contributed by atoms with E-state index in [-0.39, 0.29) is 5.92 Å². The van der Waals surface area contributed by atoms with Crippen molar-refractivity contribution in [2.24, 2.45) is 10.3 Å². The molecule has 0 aliphatic carbocycles. The molecule has 0 aromatic carbocycles. The molecule has 0 unspecified atom stereocenters. The lowest BCUT2D eigenvalue weighted by Gasteiger charge is -2.10. The Morgan fingerprint density at radius 1 is 1.58 bits per heavy atom. The molecular formula is C6H11NO4S. The Kier molecular flexibility index (Phi) is 4.50. The van der Waals surface area contributed by atoms with Crippen molar-refractivity contribution in [3.8, 4) is 0 Å². The van der Waals surface area contributed by atoms with Gasteiger partial charge in [0.1, 0.15) is 0 Å². The highest BCUT2D eigenvalue weighted by atomic mass is 32.2. The standard InChI is InChI=1S/C6H11NO4S/c1-3-4(2)5(6(8)9)7-12(10)11/h4-5H,3H2,1-2H3,(H,8,9)/t4-,5-/m1/s1. The molecule has 2 atom stereocenters. The first-order valence-electron chi connectivity index (χ1n) is 3.52. The van der Waals surface area contributed by atoms with Gasteiger partial charge in [-0.05, 0) is 5.92 Å². The van der Waals surface area contributed by atoms with Crippen molar-refractivity contribution in [3.05, 3.63) is 0 Å². The van der Waals surface area contributed by atoms with E-state index in [2.05, 4.69) is 4.36 Å². The SMILES string of the molecule is CC[C@@H](C)[C@@H](N=S(=O)=O)C(=O)O. The van der Waals surface area contributed by atoms with Gasteiger partial charge in [0.15, 0.2) is 6.04 Å². The average Bonchev–Trinajstić information content (AvgIpc) is 1.98. The quantitative estimate of drug-likeness (QED) is 0.706. The molecule has 0 radical (unpaired) electrons. The van der Waals surface area contributed by atoms with E-state index in [0.29, 0.717) is 6.42 Å². The van der Waals surface area contributed by atoms with Crippen molar-refractivity contribution in [1.82, 2.24) is 0 Å². The van der Waals surface area contributed by atoms with Crippen LogP contribution in [0.25, 0.3) is 0 Å². The van der Waals surface area contributed by atoms with Crippen LogP contribution in [0.1, 0.15) is 20.3 Å². The topological polar surface area (TPSA) is 83.8 Å². The summed E-state index contributed by atoms with van der Waals surface area (Å²) in [5.74, 6) is -1.46. The molecule has 0 rings (SSSR count). The second-order valence-corrected chi connectivity index (χ2v) is 3.14. The van der Waals surface area contributed by atoms with Gasteiger partial charge < -0.3 is 5.11 Å². The van der Waals surface area contributed by atoms with Crippen LogP contribution in [0.4, 0.5) is 0 Å². The predicted octanol–water partition coefficient (Wildman–Crippen LogP) is 0.548. The molecule has 0 saturated carbocycles. The minimum absolute atomic E-state index is 0.264. The highest BCUT2D eigenvalue weighted by molar-refractivity contribution is 7.61. The molecule has 0 saturated heterocycles. The summed E-state index contributed by atoms with van der Waals surface area (Å²) in [4.78, 5) is 10.5. The molecule has 0 aromatic rings. The fraction of sp³-hybridized carbons (Fsp3) is 0.833. The maximum Gasteiger partial charge on any atom is 0.330 e. The maximum atomic E-state index is 10.5. The van der Waals surface area contributed by atoms with E-state index >= 15 is 0 Å². The Hall–Kier alpha value is -0.910. The van der Waals surface area contributed by atoms with Gasteiger partial charge >= 0.3 is 16.5 Å². The van der Waals surface area contributed by atoms with Crippen molar-refractivity contribution in [3.63, 3.8) is 0 Å². The zero-order valence-electron chi connectivity index (χ0n) is 6.89. The number of carboxylic acids is 1. The number of rotatable bonds is 4. The fourth-order valence-corrected chi connectivity index (χ4v) is 1.19. The molecule has 1 N–H and O–H groups in total. The molecule has 0 aliphatic rings. The van der Waals surface area contributed by atoms with Crippen LogP contribution >= 0.6 is 0 Å². The van der Waals surface area contributed by atoms with E-state index in [0.717, 1.165) is 0 Å². The number of carboxylic acid groups (broad SMARTS) is 1. The molecule has 0 aromatic heterocycles. The summed E-state index contributed by atoms with van der Waals surface area (Å²) in [5.41, 5.74) is 0. The van der Waals surface area contributed by atoms with E-state index in [1.165, 1.54) is 0 Å². The summed E-state index contributed by atoms with van der Waals surface area (Å²) in [5, 5.41) is 8.56. The number of hydrogen-bond acceptors (Lipinski definition) is 4. The van der Waals surface area contributed by atoms with Crippen LogP contribution in [0.5, 0.6) is 0 Å². The van der Waals surface area contributed by atoms with Crippen molar-refractivity contribution in [2.75, 3.05) is 0 Å². The van der Waals surface area contributed by atoms with Crippen molar-refractivity contribution in [2.45, 2.75) is 26.3 Å². The first-order chi connectivity index (χ1) is 5.49. The van der Waals surface area contributed by atoms with Crippen molar-refractivity contribution < 1.29 is 18.3 Å². The van der Waals surface area contributed by atoms with E-state index in [4.69, 9.17) is 5.11 Å². The summed E-state index contributed by atoms with van der Waals surface area (Å²) >= 11 is 0. The zero-order valence-corrected chi connectivity index (χ0v) is 7.71. The average molecular weight is 193 g/mol. The largest absolute Gasteiger partial charge is 0.480 e. The van der Waals surface area contributed by atoms with Gasteiger partial charge in [0, 0.05) is 0 Å². The first kappa shape index (κ1) is 11.1. The van der Waals surface area contributed by atoms with Gasteiger partial charge in [0.2, 0.25) is 0 Å². The van der Waals surface area contributed by atoms with Crippen LogP contribution in [-0.4, -0.2) is 25.5 Å². The molecular weight excluding hydrogens is 182 g/mol. The second kappa shape index (κ2) is 4.87. The Morgan fingerprint density at radius 2 is 2.08 bits per heavy atom. The molecule has 0 amide bonds. The smallest absolute Gasteiger partial charge is 0.330 e. The minimum Gasteiger partial charge on any atom is -0.480 e. The molecule has 0 aliphatic heterocycles. The number of nitrogens with zero attached hydrogens (tertiary/aromatic N) is 1. The van der Waals surface area contributed by atoms with Crippen LogP contribution < -0.4 is 0 Å². The highest BCUT2D eigenvalue weighted by Gasteiger charge is 2.22. The Morgan fingerprint density at radius 3 is 2.33 bits per heavy atom. The van der Waals surface area contributed by atoms with Crippen LogP contribution in [0.3, 0.4) is 0 Å². The maximum absolute atomic E-state index is 10.5. The molecule has 0 heterocycles. The van der Waals surface area contributed by atoms with Gasteiger partial charge in [-0.15, -0.1) is 0 Å². The molecule has 6 heteroatoms. The van der Waals surface area contributed by atoms with Crippen molar-refractivity contribution >= 4 is 16.5 Å². The van der Waals surface area contributed by atoms with Gasteiger partial charge in [0.05, 0.1) is 0 Å². The molecule has 0 fully saturated rings. The van der Waals surface area contributed by atoms with Gasteiger partial charge in [-0.3, -0.25) is 0 Å². The summed E-state index contributed by atoms with van der Waals surface area (Å²) in [6.07, 6.45) is 0.581. The van der Waals surface area contributed by atoms with E-state index in [1.807, 2.05) is 0 Å². The lowest BCUT2D eigenvalue weighted by atomic mass is 10.0. The fourth-order valence-electron chi connectivity index (χ4n) is 0.708. The van der Waals surface area contributed by atoms with Crippen molar-refractivity contribution in [1.29, 1.82) is 0 Å². The summed E-state index contributed by atoms with van der Waals surface area (Å²) < 4.78 is 23.3. The third-order valence-corrected chi connectivity index (χ3v) is 2.03. The minimum atomic E-state index is -2.64. The lowest BCUT2D eigenvalue weighted by Crippen LogP contribution is -2.25. The summed E-state index contributed by atoms with van der Waals surface area (Å²) in [7, 11) is -2.64. The Labute approximate surface area is 72.1 Å². The third-order valence-electron chi connectivity index (χ3n) is 1.64. The summed E-state index contributed by atoms with van der Waals surface area (Å²) in [6, 6.07) is -1.15. The molecule has 70 valence electrons. The van der Waals surface area contributed by atoms with E-state index in [9.17, 15) is 13.2 Å². The summed E-state index contributed by atoms with van der Waals surface area (Å²) in [6.45, 7) is 3.43. The molecule has 0 spiro atoms. The van der Waals surface area contributed by atoms with Gasteiger partial charge in [-0.1, -0.05) is 20.3 Å². The number of hydrogen-bond donors (Lipinski definition) is 1. The van der Waals surface area contributed by atoms with Gasteiger partial charge in [0.25, 0.3) is 0 Å².